The van der Waals surface area contributed by atoms with Crippen molar-refractivity contribution in [2.24, 2.45) is 0 Å². The molecular formula is C38H48N4O7. The molecule has 0 saturated heterocycles. The van der Waals surface area contributed by atoms with Crippen LogP contribution < -0.4 is 0 Å². The maximum Gasteiger partial charge on any atom is 0.338 e. The number of carboxylic acid groups (broad SMARTS) is 1. The minimum absolute atomic E-state index is 0.105. The third-order valence-electron chi connectivity index (χ3n) is 7.66. The Morgan fingerprint density at radius 3 is 1.71 bits per heavy atom. The van der Waals surface area contributed by atoms with Crippen LogP contribution in [0.1, 0.15) is 72.3 Å². The average molecular weight is 673 g/mol. The van der Waals surface area contributed by atoms with E-state index < -0.39 is 17.2 Å². The van der Waals surface area contributed by atoms with E-state index >= 15 is 0 Å². The van der Waals surface area contributed by atoms with E-state index in [0.29, 0.717) is 19.0 Å². The van der Waals surface area contributed by atoms with Crippen molar-refractivity contribution in [2.75, 3.05) is 0 Å². The summed E-state index contributed by atoms with van der Waals surface area (Å²) in [6.07, 6.45) is -0.0695. The molecule has 0 fully saturated rings. The number of carboxylic acids is 1. The van der Waals surface area contributed by atoms with Crippen molar-refractivity contribution >= 4 is 33.7 Å². The van der Waals surface area contributed by atoms with Crippen LogP contribution in [-0.2, 0) is 55.0 Å². The smallest absolute Gasteiger partial charge is 0.338 e. The topological polar surface area (TPSA) is 127 Å². The number of esters is 1. The molecular weight excluding hydrogens is 624 g/mol. The lowest BCUT2D eigenvalue weighted by Gasteiger charge is -2.24. The van der Waals surface area contributed by atoms with Crippen LogP contribution in [0.4, 0.5) is 0 Å². The quantitative estimate of drug-likeness (QED) is 0.123. The lowest BCUT2D eigenvalue weighted by atomic mass is 10.1. The summed E-state index contributed by atoms with van der Waals surface area (Å²) in [5, 5.41) is 20.3. The minimum atomic E-state index is -1.25. The van der Waals surface area contributed by atoms with Gasteiger partial charge in [0.05, 0.1) is 54.4 Å². The summed E-state index contributed by atoms with van der Waals surface area (Å²) < 4.78 is 26.0. The Hall–Kier alpha value is -4.58. The Kier molecular flexibility index (Phi) is 12.3. The summed E-state index contributed by atoms with van der Waals surface area (Å²) >= 11 is 0. The van der Waals surface area contributed by atoms with Crippen molar-refractivity contribution in [1.82, 2.24) is 19.6 Å². The number of aromatic nitrogens is 4. The molecule has 5 rings (SSSR count). The molecule has 0 aliphatic rings. The molecule has 2 heterocycles. The second-order valence-corrected chi connectivity index (χ2v) is 13.3. The predicted octanol–water partition coefficient (Wildman–Crippen LogP) is 7.13. The molecule has 0 aliphatic heterocycles. The van der Waals surface area contributed by atoms with Crippen LogP contribution in [0.25, 0.3) is 21.8 Å². The van der Waals surface area contributed by atoms with Gasteiger partial charge in [-0.15, -0.1) is 0 Å². The van der Waals surface area contributed by atoms with E-state index in [-0.39, 0.29) is 31.4 Å². The highest BCUT2D eigenvalue weighted by atomic mass is 16.6. The number of fused-ring (bicyclic) bond motifs is 2. The third kappa shape index (κ3) is 9.97. The molecule has 0 atom stereocenters. The first-order valence-electron chi connectivity index (χ1n) is 16.4. The first-order valence-corrected chi connectivity index (χ1v) is 16.4. The number of carbonyl (C=O) groups excluding carboxylic acids is 1. The molecule has 0 spiro atoms. The van der Waals surface area contributed by atoms with Crippen molar-refractivity contribution in [3.8, 4) is 0 Å². The number of hydrogen-bond donors (Lipinski definition) is 1. The molecule has 11 heteroatoms. The van der Waals surface area contributed by atoms with E-state index in [1.807, 2.05) is 99.1 Å². The fourth-order valence-electron chi connectivity index (χ4n) is 4.77. The summed E-state index contributed by atoms with van der Waals surface area (Å²) in [5.74, 6) is -1.37. The minimum Gasteiger partial charge on any atom is -0.479 e. The number of rotatable bonds is 14. The summed E-state index contributed by atoms with van der Waals surface area (Å²) in [6, 6.07) is 26.0. The Bertz CT molecular complexity index is 1840. The van der Waals surface area contributed by atoms with Gasteiger partial charge in [0, 0.05) is 10.8 Å². The number of hydrogen-bond acceptors (Lipinski definition) is 8. The van der Waals surface area contributed by atoms with E-state index in [9.17, 15) is 9.59 Å². The van der Waals surface area contributed by atoms with Crippen molar-refractivity contribution in [3.63, 3.8) is 0 Å². The summed E-state index contributed by atoms with van der Waals surface area (Å²) in [4.78, 5) is 23.4. The molecule has 2 aromatic heterocycles. The van der Waals surface area contributed by atoms with Crippen LogP contribution in [-0.4, -0.2) is 60.0 Å². The summed E-state index contributed by atoms with van der Waals surface area (Å²) in [6.45, 7) is 15.5. The zero-order valence-electron chi connectivity index (χ0n) is 29.7. The number of carbonyl (C=O) groups is 2. The van der Waals surface area contributed by atoms with Gasteiger partial charge in [-0.05, 0) is 73.1 Å². The number of benzene rings is 3. The molecule has 0 radical (unpaired) electrons. The van der Waals surface area contributed by atoms with Gasteiger partial charge in [-0.25, -0.2) is 14.3 Å². The van der Waals surface area contributed by atoms with Crippen LogP contribution in [0.2, 0.25) is 0 Å². The van der Waals surface area contributed by atoms with E-state index in [1.165, 1.54) is 19.4 Å². The summed E-state index contributed by atoms with van der Waals surface area (Å²) in [5.41, 5.74) is 2.40. The Labute approximate surface area is 287 Å². The Morgan fingerprint density at radius 1 is 0.694 bits per heavy atom. The molecule has 0 bridgehead atoms. The lowest BCUT2D eigenvalue weighted by Crippen LogP contribution is -2.38. The van der Waals surface area contributed by atoms with Crippen LogP contribution in [0.15, 0.2) is 78.9 Å². The average Bonchev–Trinajstić information content (AvgIpc) is 3.60. The molecule has 0 saturated carbocycles. The van der Waals surface area contributed by atoms with E-state index in [4.69, 9.17) is 29.2 Å². The highest BCUT2D eigenvalue weighted by Gasteiger charge is 2.32. The number of nitrogens with zero attached hydrogens (tertiary/aromatic N) is 4. The zero-order chi connectivity index (χ0) is 35.8. The number of ether oxygens (including phenoxy) is 4. The molecule has 0 unspecified atom stereocenters. The normalized spacial score (nSPS) is 12.0. The van der Waals surface area contributed by atoms with Gasteiger partial charge in [-0.1, -0.05) is 66.7 Å². The van der Waals surface area contributed by atoms with Gasteiger partial charge in [0.1, 0.15) is 6.73 Å². The van der Waals surface area contributed by atoms with Crippen LogP contribution in [0.5, 0.6) is 0 Å². The highest BCUT2D eigenvalue weighted by molar-refractivity contribution is 5.83. The first-order chi connectivity index (χ1) is 23.2. The third-order valence-corrected chi connectivity index (χ3v) is 7.66. The van der Waals surface area contributed by atoms with Gasteiger partial charge < -0.3 is 24.1 Å². The first kappa shape index (κ1) is 37.2. The van der Waals surface area contributed by atoms with Gasteiger partial charge in [-0.3, -0.25) is 4.68 Å². The molecule has 0 amide bonds. The molecule has 5 aromatic rings. The van der Waals surface area contributed by atoms with Gasteiger partial charge in [0.15, 0.2) is 11.2 Å². The van der Waals surface area contributed by atoms with Crippen LogP contribution in [0, 0.1) is 0 Å². The second-order valence-electron chi connectivity index (χ2n) is 13.3. The highest BCUT2D eigenvalue weighted by Crippen LogP contribution is 2.24. The second kappa shape index (κ2) is 16.2. The SMILES string of the molecule is CC(C)OC(=O)C(C)(C)OCc1nn(Cc2ccccc2)c2ccccc12.CC(C)OCn1nc(COC(C)(C)C(=O)O)c2ccccc21. The fourth-order valence-corrected chi connectivity index (χ4v) is 4.77. The van der Waals surface area contributed by atoms with Gasteiger partial charge in [-0.2, -0.15) is 10.2 Å². The largest absolute Gasteiger partial charge is 0.479 e. The molecule has 0 aliphatic carbocycles. The number of aliphatic carboxylic acids is 1. The van der Waals surface area contributed by atoms with E-state index in [1.54, 1.807) is 18.5 Å². The molecule has 3 aromatic carbocycles. The van der Waals surface area contributed by atoms with Gasteiger partial charge >= 0.3 is 11.9 Å². The van der Waals surface area contributed by atoms with E-state index in [2.05, 4.69) is 17.2 Å². The predicted molar refractivity (Wildman–Crippen MR) is 188 cm³/mol. The maximum atomic E-state index is 12.2. The monoisotopic (exact) mass is 672 g/mol. The van der Waals surface area contributed by atoms with Gasteiger partial charge in [0.2, 0.25) is 0 Å². The zero-order valence-corrected chi connectivity index (χ0v) is 29.7. The van der Waals surface area contributed by atoms with Crippen LogP contribution >= 0.6 is 0 Å². The standard InChI is InChI=1S/C22H26N2O3.C16H22N2O4/c1-16(2)27-21(25)22(3,4)26-15-19-18-12-8-9-13-20(18)24(23-19)14-17-10-6-5-7-11-17;1-11(2)21-10-18-14-8-6-5-7-12(14)13(17-18)9-22-16(3,4)15(19)20/h5-13,16H,14-15H2,1-4H3;5-8,11H,9-10H2,1-4H3,(H,19,20). The van der Waals surface area contributed by atoms with Crippen molar-refractivity contribution in [1.29, 1.82) is 0 Å². The molecule has 262 valence electrons. The van der Waals surface area contributed by atoms with Crippen molar-refractivity contribution < 1.29 is 33.6 Å². The lowest BCUT2D eigenvalue weighted by molar-refractivity contribution is -0.173. The Balaban J connectivity index is 0.000000226. The van der Waals surface area contributed by atoms with Gasteiger partial charge in [0.25, 0.3) is 0 Å². The molecule has 11 nitrogen and oxygen atoms in total. The Morgan fingerprint density at radius 2 is 1.18 bits per heavy atom. The number of para-hydroxylation sites is 2. The fraction of sp³-hybridized carbons (Fsp3) is 0.421. The van der Waals surface area contributed by atoms with Crippen molar-refractivity contribution in [2.45, 2.75) is 105 Å². The van der Waals surface area contributed by atoms with Crippen molar-refractivity contribution in [3.05, 3.63) is 95.8 Å². The maximum absolute atomic E-state index is 12.2. The van der Waals surface area contributed by atoms with E-state index in [0.717, 1.165) is 27.5 Å². The molecule has 1 N–H and O–H groups in total. The molecule has 49 heavy (non-hydrogen) atoms. The summed E-state index contributed by atoms with van der Waals surface area (Å²) in [7, 11) is 0. The van der Waals surface area contributed by atoms with Crippen LogP contribution in [0.3, 0.4) is 0 Å².